The molecule has 15 heavy (non-hydrogen) atoms. The lowest BCUT2D eigenvalue weighted by Crippen LogP contribution is -1.96. The average Bonchev–Trinajstić information content (AvgIpc) is 2.86. The van der Waals surface area contributed by atoms with Gasteiger partial charge in [-0.1, -0.05) is 13.3 Å². The number of aliphatic hydroxyl groups excluding tert-OH is 1. The summed E-state index contributed by atoms with van der Waals surface area (Å²) in [6, 6.07) is 0. The van der Waals surface area contributed by atoms with Crippen molar-refractivity contribution in [2.24, 2.45) is 5.92 Å². The third kappa shape index (κ3) is 2.40. The summed E-state index contributed by atoms with van der Waals surface area (Å²) >= 11 is 1.72. The molecule has 1 aliphatic rings. The summed E-state index contributed by atoms with van der Waals surface area (Å²) in [5, 5.41) is 12.7. The standard InChI is InChI=1S/C12H19NOS/c1-3-9-4-5-10(6-9)12-13-11(7-15-12)8(2)14/h7-10,14H,3-6H2,1-2H3. The first-order valence-electron chi connectivity index (χ1n) is 5.84. The van der Waals surface area contributed by atoms with Gasteiger partial charge in [0.1, 0.15) is 0 Å². The Labute approximate surface area is 95.4 Å². The molecule has 1 aromatic heterocycles. The molecule has 3 atom stereocenters. The van der Waals surface area contributed by atoms with E-state index < -0.39 is 6.10 Å². The van der Waals surface area contributed by atoms with E-state index in [1.165, 1.54) is 30.7 Å². The molecule has 1 fully saturated rings. The van der Waals surface area contributed by atoms with Gasteiger partial charge in [-0.15, -0.1) is 11.3 Å². The van der Waals surface area contributed by atoms with Gasteiger partial charge in [0.05, 0.1) is 16.8 Å². The lowest BCUT2D eigenvalue weighted by molar-refractivity contribution is 0.195. The predicted molar refractivity (Wildman–Crippen MR) is 63.1 cm³/mol. The van der Waals surface area contributed by atoms with E-state index in [4.69, 9.17) is 0 Å². The second-order valence-electron chi connectivity index (χ2n) is 4.57. The number of nitrogens with zero attached hydrogens (tertiary/aromatic N) is 1. The smallest absolute Gasteiger partial charge is 0.0960 e. The van der Waals surface area contributed by atoms with Crippen molar-refractivity contribution in [2.75, 3.05) is 0 Å². The zero-order valence-corrected chi connectivity index (χ0v) is 10.3. The minimum absolute atomic E-state index is 0.418. The van der Waals surface area contributed by atoms with Crippen molar-refractivity contribution >= 4 is 11.3 Å². The highest BCUT2D eigenvalue weighted by Crippen LogP contribution is 2.40. The van der Waals surface area contributed by atoms with Gasteiger partial charge in [-0.25, -0.2) is 4.98 Å². The number of hydrogen-bond donors (Lipinski definition) is 1. The van der Waals surface area contributed by atoms with E-state index >= 15 is 0 Å². The van der Waals surface area contributed by atoms with Gasteiger partial charge in [0.2, 0.25) is 0 Å². The minimum atomic E-state index is -0.418. The van der Waals surface area contributed by atoms with Gasteiger partial charge in [0, 0.05) is 11.3 Å². The largest absolute Gasteiger partial charge is 0.387 e. The maximum absolute atomic E-state index is 9.42. The van der Waals surface area contributed by atoms with Gasteiger partial charge in [-0.3, -0.25) is 0 Å². The van der Waals surface area contributed by atoms with E-state index in [0.29, 0.717) is 5.92 Å². The summed E-state index contributed by atoms with van der Waals surface area (Å²) in [6.07, 6.45) is 4.81. The average molecular weight is 225 g/mol. The second kappa shape index (κ2) is 4.62. The van der Waals surface area contributed by atoms with Crippen LogP contribution in [0.5, 0.6) is 0 Å². The molecule has 1 aliphatic carbocycles. The van der Waals surface area contributed by atoms with E-state index in [-0.39, 0.29) is 0 Å². The first-order chi connectivity index (χ1) is 7.20. The highest BCUT2D eigenvalue weighted by Gasteiger charge is 2.26. The number of aromatic nitrogens is 1. The fraction of sp³-hybridized carbons (Fsp3) is 0.750. The molecule has 1 N–H and O–H groups in total. The van der Waals surface area contributed by atoms with E-state index in [1.54, 1.807) is 18.3 Å². The van der Waals surface area contributed by atoms with Crippen LogP contribution < -0.4 is 0 Å². The van der Waals surface area contributed by atoms with Crippen molar-refractivity contribution < 1.29 is 5.11 Å². The van der Waals surface area contributed by atoms with Crippen LogP contribution in [0.15, 0.2) is 5.38 Å². The van der Waals surface area contributed by atoms with Crippen LogP contribution in [-0.2, 0) is 0 Å². The quantitative estimate of drug-likeness (QED) is 0.854. The molecule has 84 valence electrons. The molecule has 0 amide bonds. The van der Waals surface area contributed by atoms with Gasteiger partial charge in [-0.2, -0.15) is 0 Å². The van der Waals surface area contributed by atoms with Crippen molar-refractivity contribution in [1.29, 1.82) is 0 Å². The number of hydrogen-bond acceptors (Lipinski definition) is 3. The van der Waals surface area contributed by atoms with Crippen LogP contribution in [0.1, 0.15) is 62.3 Å². The Kier molecular flexibility index (Phi) is 3.42. The SMILES string of the molecule is CCC1CCC(c2nc(C(C)O)cs2)C1. The van der Waals surface area contributed by atoms with Crippen molar-refractivity contribution in [3.05, 3.63) is 16.1 Å². The molecule has 0 aliphatic heterocycles. The molecular formula is C12H19NOS. The second-order valence-corrected chi connectivity index (χ2v) is 5.46. The van der Waals surface area contributed by atoms with Gasteiger partial charge in [0.25, 0.3) is 0 Å². The highest BCUT2D eigenvalue weighted by molar-refractivity contribution is 7.09. The molecule has 0 aromatic carbocycles. The zero-order valence-electron chi connectivity index (χ0n) is 9.44. The Bertz CT molecular complexity index is 321. The molecule has 0 bridgehead atoms. The van der Waals surface area contributed by atoms with Crippen LogP contribution in [0, 0.1) is 5.92 Å². The molecule has 0 spiro atoms. The Morgan fingerprint density at radius 2 is 2.40 bits per heavy atom. The summed E-state index contributed by atoms with van der Waals surface area (Å²) in [5.41, 5.74) is 0.843. The van der Waals surface area contributed by atoms with Crippen molar-refractivity contribution in [2.45, 2.75) is 51.6 Å². The Morgan fingerprint density at radius 1 is 1.60 bits per heavy atom. The van der Waals surface area contributed by atoms with E-state index in [1.807, 2.05) is 5.38 Å². The van der Waals surface area contributed by atoms with E-state index in [9.17, 15) is 5.11 Å². The number of aliphatic hydroxyl groups is 1. The van der Waals surface area contributed by atoms with Crippen LogP contribution in [0.25, 0.3) is 0 Å². The van der Waals surface area contributed by atoms with Crippen LogP contribution in [-0.4, -0.2) is 10.1 Å². The molecule has 1 heterocycles. The monoisotopic (exact) mass is 225 g/mol. The molecule has 1 aromatic rings. The number of rotatable bonds is 3. The maximum Gasteiger partial charge on any atom is 0.0960 e. The first kappa shape index (κ1) is 11.1. The topological polar surface area (TPSA) is 33.1 Å². The highest BCUT2D eigenvalue weighted by atomic mass is 32.1. The molecule has 3 heteroatoms. The van der Waals surface area contributed by atoms with Crippen LogP contribution in [0.3, 0.4) is 0 Å². The zero-order chi connectivity index (χ0) is 10.8. The van der Waals surface area contributed by atoms with Gasteiger partial charge >= 0.3 is 0 Å². The normalized spacial score (nSPS) is 28.2. The molecular weight excluding hydrogens is 206 g/mol. The van der Waals surface area contributed by atoms with Crippen LogP contribution in [0.4, 0.5) is 0 Å². The van der Waals surface area contributed by atoms with Gasteiger partial charge in [-0.05, 0) is 32.1 Å². The van der Waals surface area contributed by atoms with E-state index in [2.05, 4.69) is 11.9 Å². The number of thiazole rings is 1. The molecule has 3 unspecified atom stereocenters. The van der Waals surface area contributed by atoms with Crippen LogP contribution >= 0.6 is 11.3 Å². The summed E-state index contributed by atoms with van der Waals surface area (Å²) in [6.45, 7) is 4.05. The molecule has 0 saturated heterocycles. The molecule has 2 nitrogen and oxygen atoms in total. The lowest BCUT2D eigenvalue weighted by Gasteiger charge is -2.06. The molecule has 2 rings (SSSR count). The first-order valence-corrected chi connectivity index (χ1v) is 6.72. The lowest BCUT2D eigenvalue weighted by atomic mass is 10.0. The van der Waals surface area contributed by atoms with Gasteiger partial charge in [0.15, 0.2) is 0 Å². The van der Waals surface area contributed by atoms with Crippen molar-refractivity contribution in [3.8, 4) is 0 Å². The summed E-state index contributed by atoms with van der Waals surface area (Å²) in [4.78, 5) is 4.53. The fourth-order valence-corrected chi connectivity index (χ4v) is 3.41. The summed E-state index contributed by atoms with van der Waals surface area (Å²) < 4.78 is 0. The summed E-state index contributed by atoms with van der Waals surface area (Å²) in [5.74, 6) is 1.56. The third-order valence-corrected chi connectivity index (χ3v) is 4.46. The molecule has 0 radical (unpaired) electrons. The van der Waals surface area contributed by atoms with Crippen molar-refractivity contribution in [1.82, 2.24) is 4.98 Å². The third-order valence-electron chi connectivity index (χ3n) is 3.44. The Hall–Kier alpha value is -0.410. The Morgan fingerprint density at radius 3 is 2.93 bits per heavy atom. The van der Waals surface area contributed by atoms with Gasteiger partial charge < -0.3 is 5.11 Å². The summed E-state index contributed by atoms with van der Waals surface area (Å²) in [7, 11) is 0. The van der Waals surface area contributed by atoms with E-state index in [0.717, 1.165) is 11.6 Å². The maximum atomic E-state index is 9.42. The Balaban J connectivity index is 2.04. The van der Waals surface area contributed by atoms with Crippen molar-refractivity contribution in [3.63, 3.8) is 0 Å². The fourth-order valence-electron chi connectivity index (χ4n) is 2.35. The molecule has 1 saturated carbocycles. The minimum Gasteiger partial charge on any atom is -0.387 e. The predicted octanol–water partition coefficient (Wildman–Crippen LogP) is 3.49. The van der Waals surface area contributed by atoms with Crippen LogP contribution in [0.2, 0.25) is 0 Å².